The number of hydrogen-bond donors (Lipinski definition) is 2. The molecule has 0 saturated carbocycles. The third-order valence-corrected chi connectivity index (χ3v) is 4.16. The van der Waals surface area contributed by atoms with Gasteiger partial charge >= 0.3 is 0 Å². The minimum atomic E-state index is -3.39. The van der Waals surface area contributed by atoms with Crippen molar-refractivity contribution in [1.29, 1.82) is 0 Å². The highest BCUT2D eigenvalue weighted by atomic mass is 32.2. The van der Waals surface area contributed by atoms with Crippen LogP contribution in [0.3, 0.4) is 0 Å². The van der Waals surface area contributed by atoms with Crippen LogP contribution >= 0.6 is 0 Å². The van der Waals surface area contributed by atoms with Gasteiger partial charge in [-0.15, -0.1) is 0 Å². The second kappa shape index (κ2) is 5.40. The van der Waals surface area contributed by atoms with Gasteiger partial charge in [0.1, 0.15) is 0 Å². The minimum absolute atomic E-state index is 0.0162. The van der Waals surface area contributed by atoms with E-state index in [9.17, 15) is 8.42 Å². The van der Waals surface area contributed by atoms with Crippen LogP contribution in [0.4, 0.5) is 5.82 Å². The molecule has 7 heteroatoms. The zero-order chi connectivity index (χ0) is 13.9. The van der Waals surface area contributed by atoms with E-state index in [0.717, 1.165) is 16.8 Å². The predicted molar refractivity (Wildman–Crippen MR) is 73.4 cm³/mol. The van der Waals surface area contributed by atoms with E-state index >= 15 is 0 Å². The molecule has 102 valence electrons. The van der Waals surface area contributed by atoms with Gasteiger partial charge in [-0.25, -0.2) is 8.42 Å². The SMILES string of the molecule is Cc1[nH]nc(NS(=O)(=O)CCc2ccncc2)c1C. The third kappa shape index (κ3) is 3.54. The summed E-state index contributed by atoms with van der Waals surface area (Å²) in [7, 11) is -3.39. The molecule has 2 rings (SSSR count). The van der Waals surface area contributed by atoms with Gasteiger partial charge in [-0.2, -0.15) is 5.10 Å². The van der Waals surface area contributed by atoms with Crippen LogP contribution in [-0.2, 0) is 16.4 Å². The van der Waals surface area contributed by atoms with E-state index < -0.39 is 10.0 Å². The Bertz CT molecular complexity index is 650. The molecule has 0 saturated heterocycles. The summed E-state index contributed by atoms with van der Waals surface area (Å²) in [6.07, 6.45) is 3.74. The molecular weight excluding hydrogens is 264 g/mol. The van der Waals surface area contributed by atoms with Crippen LogP contribution in [0, 0.1) is 13.8 Å². The predicted octanol–water partition coefficient (Wildman–Crippen LogP) is 1.41. The molecule has 0 radical (unpaired) electrons. The van der Waals surface area contributed by atoms with Crippen molar-refractivity contribution in [2.24, 2.45) is 0 Å². The number of nitrogens with zero attached hydrogens (tertiary/aromatic N) is 2. The van der Waals surface area contributed by atoms with Crippen LogP contribution in [0.5, 0.6) is 0 Å². The maximum absolute atomic E-state index is 12.0. The number of aromatic nitrogens is 3. The van der Waals surface area contributed by atoms with E-state index in [0.29, 0.717) is 12.2 Å². The van der Waals surface area contributed by atoms with Gasteiger partial charge in [0.15, 0.2) is 5.82 Å². The molecule has 0 aliphatic heterocycles. The summed E-state index contributed by atoms with van der Waals surface area (Å²) >= 11 is 0. The van der Waals surface area contributed by atoms with E-state index in [1.54, 1.807) is 24.5 Å². The maximum atomic E-state index is 12.0. The summed E-state index contributed by atoms with van der Waals surface area (Å²) in [6, 6.07) is 3.61. The maximum Gasteiger partial charge on any atom is 0.234 e. The lowest BCUT2D eigenvalue weighted by Gasteiger charge is -2.06. The molecule has 0 aromatic carbocycles. The van der Waals surface area contributed by atoms with Gasteiger partial charge in [-0.1, -0.05) is 0 Å². The lowest BCUT2D eigenvalue weighted by Crippen LogP contribution is -2.19. The summed E-state index contributed by atoms with van der Waals surface area (Å²) < 4.78 is 26.4. The summed E-state index contributed by atoms with van der Waals surface area (Å²) in [5.41, 5.74) is 2.61. The van der Waals surface area contributed by atoms with E-state index in [4.69, 9.17) is 0 Å². The number of aryl methyl sites for hydroxylation is 2. The quantitative estimate of drug-likeness (QED) is 0.866. The Morgan fingerprint density at radius 1 is 1.26 bits per heavy atom. The average Bonchev–Trinajstić information content (AvgIpc) is 2.69. The molecule has 2 aromatic rings. The van der Waals surface area contributed by atoms with Gasteiger partial charge < -0.3 is 0 Å². The van der Waals surface area contributed by atoms with Crippen molar-refractivity contribution in [3.8, 4) is 0 Å². The molecule has 19 heavy (non-hydrogen) atoms. The number of hydrogen-bond acceptors (Lipinski definition) is 4. The van der Waals surface area contributed by atoms with Gasteiger partial charge in [-0.3, -0.25) is 14.8 Å². The Morgan fingerprint density at radius 3 is 2.53 bits per heavy atom. The first kappa shape index (κ1) is 13.5. The summed E-state index contributed by atoms with van der Waals surface area (Å²) in [6.45, 7) is 3.66. The standard InChI is InChI=1S/C12H16N4O2S/c1-9-10(2)14-15-12(9)16-19(17,18)8-5-11-3-6-13-7-4-11/h3-4,6-7H,5,8H2,1-2H3,(H2,14,15,16). The lowest BCUT2D eigenvalue weighted by atomic mass is 10.2. The average molecular weight is 280 g/mol. The normalized spacial score (nSPS) is 11.5. The van der Waals surface area contributed by atoms with Crippen molar-refractivity contribution >= 4 is 15.8 Å². The Morgan fingerprint density at radius 2 is 1.95 bits per heavy atom. The molecular formula is C12H16N4O2S. The fourth-order valence-corrected chi connectivity index (χ4v) is 2.68. The molecule has 0 amide bonds. The number of nitrogens with one attached hydrogen (secondary N) is 2. The van der Waals surface area contributed by atoms with Crippen LogP contribution in [0.25, 0.3) is 0 Å². The van der Waals surface area contributed by atoms with Crippen LogP contribution in [-0.4, -0.2) is 29.4 Å². The second-order valence-corrected chi connectivity index (χ2v) is 6.19. The highest BCUT2D eigenvalue weighted by Gasteiger charge is 2.14. The number of anilines is 1. The Labute approximate surface area is 112 Å². The third-order valence-electron chi connectivity index (χ3n) is 2.91. The lowest BCUT2D eigenvalue weighted by molar-refractivity contribution is 0.600. The molecule has 6 nitrogen and oxygen atoms in total. The Kier molecular flexibility index (Phi) is 3.84. The van der Waals surface area contributed by atoms with Crippen molar-refractivity contribution in [2.75, 3.05) is 10.5 Å². The highest BCUT2D eigenvalue weighted by Crippen LogP contribution is 2.15. The summed E-state index contributed by atoms with van der Waals surface area (Å²) in [5, 5.41) is 6.68. The molecule has 2 heterocycles. The fourth-order valence-electron chi connectivity index (χ4n) is 1.58. The van der Waals surface area contributed by atoms with Crippen molar-refractivity contribution in [2.45, 2.75) is 20.3 Å². The van der Waals surface area contributed by atoms with E-state index in [1.807, 2.05) is 13.8 Å². The second-order valence-electron chi connectivity index (χ2n) is 4.35. The van der Waals surface area contributed by atoms with Crippen molar-refractivity contribution in [1.82, 2.24) is 15.2 Å². The first-order chi connectivity index (χ1) is 8.98. The molecule has 0 spiro atoms. The first-order valence-electron chi connectivity index (χ1n) is 5.89. The van der Waals surface area contributed by atoms with E-state index in [1.165, 1.54) is 0 Å². The van der Waals surface area contributed by atoms with Gasteiger partial charge in [0, 0.05) is 23.7 Å². The van der Waals surface area contributed by atoms with Gasteiger partial charge in [0.05, 0.1) is 5.75 Å². The van der Waals surface area contributed by atoms with Crippen molar-refractivity contribution in [3.63, 3.8) is 0 Å². The first-order valence-corrected chi connectivity index (χ1v) is 7.54. The monoisotopic (exact) mass is 280 g/mol. The Balaban J connectivity index is 2.01. The largest absolute Gasteiger partial charge is 0.280 e. The zero-order valence-electron chi connectivity index (χ0n) is 10.8. The van der Waals surface area contributed by atoms with E-state index in [-0.39, 0.29) is 5.75 Å². The molecule has 0 aliphatic carbocycles. The van der Waals surface area contributed by atoms with E-state index in [2.05, 4.69) is 19.9 Å². The number of aromatic amines is 1. The topological polar surface area (TPSA) is 87.7 Å². The molecule has 0 fully saturated rings. The van der Waals surface area contributed by atoms with Crippen LogP contribution in [0.15, 0.2) is 24.5 Å². The molecule has 0 atom stereocenters. The number of sulfonamides is 1. The number of H-pyrrole nitrogens is 1. The fraction of sp³-hybridized carbons (Fsp3) is 0.333. The number of pyridine rings is 1. The van der Waals surface area contributed by atoms with Crippen LogP contribution < -0.4 is 4.72 Å². The molecule has 0 unspecified atom stereocenters. The van der Waals surface area contributed by atoms with Gasteiger partial charge in [0.2, 0.25) is 10.0 Å². The minimum Gasteiger partial charge on any atom is -0.280 e. The van der Waals surface area contributed by atoms with Gasteiger partial charge in [-0.05, 0) is 38.0 Å². The highest BCUT2D eigenvalue weighted by molar-refractivity contribution is 7.92. The molecule has 0 aliphatic rings. The summed E-state index contributed by atoms with van der Waals surface area (Å²) in [4.78, 5) is 3.89. The molecule has 2 aromatic heterocycles. The molecule has 2 N–H and O–H groups in total. The number of rotatable bonds is 5. The van der Waals surface area contributed by atoms with Crippen molar-refractivity contribution < 1.29 is 8.42 Å². The Hall–Kier alpha value is -1.89. The molecule has 0 bridgehead atoms. The summed E-state index contributed by atoms with van der Waals surface area (Å²) in [5.74, 6) is 0.384. The van der Waals surface area contributed by atoms with Gasteiger partial charge in [0.25, 0.3) is 0 Å². The van der Waals surface area contributed by atoms with Crippen molar-refractivity contribution in [3.05, 3.63) is 41.3 Å². The smallest absolute Gasteiger partial charge is 0.234 e. The zero-order valence-corrected chi connectivity index (χ0v) is 11.7. The van der Waals surface area contributed by atoms with Crippen LogP contribution in [0.1, 0.15) is 16.8 Å². The van der Waals surface area contributed by atoms with Crippen LogP contribution in [0.2, 0.25) is 0 Å².